The van der Waals surface area contributed by atoms with Gasteiger partial charge < -0.3 is 16.0 Å². The van der Waals surface area contributed by atoms with Crippen molar-refractivity contribution in [2.24, 2.45) is 11.7 Å². The normalized spacial score (nSPS) is 29.1. The summed E-state index contributed by atoms with van der Waals surface area (Å²) in [6, 6.07) is 0.344. The zero-order chi connectivity index (χ0) is 9.14. The van der Waals surface area contributed by atoms with E-state index in [-0.39, 0.29) is 6.03 Å². The maximum absolute atomic E-state index is 11.3. The van der Waals surface area contributed by atoms with E-state index in [9.17, 15) is 4.79 Å². The summed E-state index contributed by atoms with van der Waals surface area (Å²) in [5.41, 5.74) is 5.54. The van der Waals surface area contributed by atoms with Crippen molar-refractivity contribution in [2.45, 2.75) is 19.4 Å². The molecule has 0 aromatic heterocycles. The number of nitrogens with one attached hydrogen (secondary N) is 1. The molecule has 4 nitrogen and oxygen atoms in total. The average Bonchev–Trinajstić information content (AvgIpc) is 2.45. The molecule has 0 saturated carbocycles. The third-order valence-corrected chi connectivity index (χ3v) is 2.47. The van der Waals surface area contributed by atoms with Crippen molar-refractivity contribution >= 4 is 6.03 Å². The number of carbonyl (C=O) groups is 1. The van der Waals surface area contributed by atoms with Crippen LogP contribution in [0.25, 0.3) is 0 Å². The van der Waals surface area contributed by atoms with Gasteiger partial charge in [-0.25, -0.2) is 4.79 Å². The van der Waals surface area contributed by atoms with Crippen molar-refractivity contribution in [1.82, 2.24) is 10.2 Å². The van der Waals surface area contributed by atoms with Gasteiger partial charge >= 0.3 is 6.03 Å². The summed E-state index contributed by atoms with van der Waals surface area (Å²) in [7, 11) is 1.66. The van der Waals surface area contributed by atoms with Gasteiger partial charge in [0, 0.05) is 19.6 Å². The molecule has 2 unspecified atom stereocenters. The van der Waals surface area contributed by atoms with Crippen molar-refractivity contribution < 1.29 is 4.79 Å². The highest BCUT2D eigenvalue weighted by Gasteiger charge is 2.30. The Balaban J connectivity index is 2.51. The molecule has 0 aromatic rings. The second-order valence-electron chi connectivity index (χ2n) is 3.39. The minimum Gasteiger partial charge on any atom is -0.341 e. The van der Waals surface area contributed by atoms with E-state index in [4.69, 9.17) is 5.73 Å². The Morgan fingerprint density at radius 2 is 2.42 bits per heavy atom. The summed E-state index contributed by atoms with van der Waals surface area (Å²) in [4.78, 5) is 13.1. The number of likely N-dealkylation sites (tertiary alicyclic amines) is 1. The molecule has 70 valence electrons. The van der Waals surface area contributed by atoms with Crippen LogP contribution in [0.5, 0.6) is 0 Å². The fourth-order valence-electron chi connectivity index (χ4n) is 1.74. The van der Waals surface area contributed by atoms with Crippen LogP contribution in [0.1, 0.15) is 13.3 Å². The van der Waals surface area contributed by atoms with E-state index in [0.29, 0.717) is 18.5 Å². The second kappa shape index (κ2) is 3.76. The topological polar surface area (TPSA) is 58.4 Å². The van der Waals surface area contributed by atoms with Gasteiger partial charge in [-0.15, -0.1) is 0 Å². The van der Waals surface area contributed by atoms with Crippen LogP contribution >= 0.6 is 0 Å². The van der Waals surface area contributed by atoms with Gasteiger partial charge in [-0.05, 0) is 25.8 Å². The predicted molar refractivity (Wildman–Crippen MR) is 47.8 cm³/mol. The first-order valence-corrected chi connectivity index (χ1v) is 4.37. The van der Waals surface area contributed by atoms with Gasteiger partial charge in [-0.2, -0.15) is 0 Å². The zero-order valence-electron chi connectivity index (χ0n) is 7.71. The Kier molecular flexibility index (Phi) is 2.92. The predicted octanol–water partition coefficient (Wildman–Crippen LogP) is -0.00510. The molecule has 1 heterocycles. The highest BCUT2D eigenvalue weighted by molar-refractivity contribution is 5.74. The van der Waals surface area contributed by atoms with Crippen LogP contribution < -0.4 is 11.1 Å². The van der Waals surface area contributed by atoms with Gasteiger partial charge in [0.15, 0.2) is 0 Å². The molecule has 0 spiro atoms. The largest absolute Gasteiger partial charge is 0.341 e. The Bertz CT molecular complexity index is 172. The van der Waals surface area contributed by atoms with E-state index in [1.54, 1.807) is 7.05 Å². The molecule has 0 bridgehead atoms. The summed E-state index contributed by atoms with van der Waals surface area (Å²) in [6.07, 6.45) is 1.03. The molecule has 1 saturated heterocycles. The van der Waals surface area contributed by atoms with Crippen molar-refractivity contribution in [1.29, 1.82) is 0 Å². The Morgan fingerprint density at radius 1 is 1.75 bits per heavy atom. The lowest BCUT2D eigenvalue weighted by Gasteiger charge is -2.20. The molecular weight excluding hydrogens is 154 g/mol. The first-order valence-electron chi connectivity index (χ1n) is 4.37. The third kappa shape index (κ3) is 1.69. The van der Waals surface area contributed by atoms with Gasteiger partial charge in [-0.3, -0.25) is 0 Å². The SMILES string of the molecule is CNC(=O)N1CC(CN)CC1C. The number of urea groups is 1. The Morgan fingerprint density at radius 3 is 2.83 bits per heavy atom. The lowest BCUT2D eigenvalue weighted by atomic mass is 10.1. The third-order valence-electron chi connectivity index (χ3n) is 2.47. The minimum absolute atomic E-state index is 0.0125. The van der Waals surface area contributed by atoms with Crippen LogP contribution in [0.2, 0.25) is 0 Å². The van der Waals surface area contributed by atoms with Gasteiger partial charge in [0.2, 0.25) is 0 Å². The van der Waals surface area contributed by atoms with Crippen molar-refractivity contribution in [3.8, 4) is 0 Å². The first-order chi connectivity index (χ1) is 5.69. The number of nitrogens with two attached hydrogens (primary N) is 1. The van der Waals surface area contributed by atoms with E-state index in [2.05, 4.69) is 12.2 Å². The van der Waals surface area contributed by atoms with Crippen molar-refractivity contribution in [2.75, 3.05) is 20.1 Å². The first kappa shape index (κ1) is 9.32. The molecule has 1 aliphatic rings. The van der Waals surface area contributed by atoms with Crippen molar-refractivity contribution in [3.05, 3.63) is 0 Å². The molecule has 0 radical (unpaired) electrons. The standard InChI is InChI=1S/C8H17N3O/c1-6-3-7(4-9)5-11(6)8(12)10-2/h6-7H,3-5,9H2,1-2H3,(H,10,12). The summed E-state index contributed by atoms with van der Waals surface area (Å²) in [6.45, 7) is 3.54. The monoisotopic (exact) mass is 171 g/mol. The van der Waals surface area contributed by atoms with Crippen LogP contribution in [0.15, 0.2) is 0 Å². The lowest BCUT2D eigenvalue weighted by molar-refractivity contribution is 0.197. The number of hydrogen-bond donors (Lipinski definition) is 2. The molecule has 1 aliphatic heterocycles. The lowest BCUT2D eigenvalue weighted by Crippen LogP contribution is -2.40. The quantitative estimate of drug-likeness (QED) is 0.583. The highest BCUT2D eigenvalue weighted by atomic mass is 16.2. The maximum atomic E-state index is 11.3. The summed E-state index contributed by atoms with van der Waals surface area (Å²) < 4.78 is 0. The minimum atomic E-state index is 0.0125. The fraction of sp³-hybridized carbons (Fsp3) is 0.875. The summed E-state index contributed by atoms with van der Waals surface area (Å²) in [5.74, 6) is 0.484. The van der Waals surface area contributed by atoms with Crippen molar-refractivity contribution in [3.63, 3.8) is 0 Å². The molecule has 4 heteroatoms. The van der Waals surface area contributed by atoms with Gasteiger partial charge in [0.25, 0.3) is 0 Å². The number of nitrogens with zero attached hydrogens (tertiary/aromatic N) is 1. The molecule has 2 amide bonds. The average molecular weight is 171 g/mol. The molecular formula is C8H17N3O. The molecule has 0 aliphatic carbocycles. The second-order valence-corrected chi connectivity index (χ2v) is 3.39. The summed E-state index contributed by atoms with van der Waals surface area (Å²) in [5, 5.41) is 2.63. The van der Waals surface area contributed by atoms with Crippen LogP contribution in [-0.2, 0) is 0 Å². The van der Waals surface area contributed by atoms with Crippen LogP contribution in [-0.4, -0.2) is 37.1 Å². The summed E-state index contributed by atoms with van der Waals surface area (Å²) >= 11 is 0. The molecule has 1 rings (SSSR count). The van der Waals surface area contributed by atoms with E-state index in [1.807, 2.05) is 4.90 Å². The zero-order valence-corrected chi connectivity index (χ0v) is 7.71. The fourth-order valence-corrected chi connectivity index (χ4v) is 1.74. The smallest absolute Gasteiger partial charge is 0.317 e. The van der Waals surface area contributed by atoms with E-state index < -0.39 is 0 Å². The number of amides is 2. The molecule has 1 fully saturated rings. The van der Waals surface area contributed by atoms with E-state index >= 15 is 0 Å². The van der Waals surface area contributed by atoms with E-state index in [1.165, 1.54) is 0 Å². The van der Waals surface area contributed by atoms with Crippen LogP contribution in [0.4, 0.5) is 4.79 Å². The van der Waals surface area contributed by atoms with Gasteiger partial charge in [0.1, 0.15) is 0 Å². The number of rotatable bonds is 1. The Labute approximate surface area is 73.1 Å². The molecule has 12 heavy (non-hydrogen) atoms. The maximum Gasteiger partial charge on any atom is 0.317 e. The van der Waals surface area contributed by atoms with Crippen LogP contribution in [0.3, 0.4) is 0 Å². The number of carbonyl (C=O) groups excluding carboxylic acids is 1. The highest BCUT2D eigenvalue weighted by Crippen LogP contribution is 2.21. The van der Waals surface area contributed by atoms with Crippen LogP contribution in [0, 0.1) is 5.92 Å². The molecule has 2 atom stereocenters. The molecule has 3 N–H and O–H groups in total. The Hall–Kier alpha value is -0.770. The van der Waals surface area contributed by atoms with E-state index in [0.717, 1.165) is 13.0 Å². The van der Waals surface area contributed by atoms with Gasteiger partial charge in [-0.1, -0.05) is 0 Å². The number of hydrogen-bond acceptors (Lipinski definition) is 2. The van der Waals surface area contributed by atoms with Gasteiger partial charge in [0.05, 0.1) is 0 Å². The molecule has 0 aromatic carbocycles.